The largest absolute Gasteiger partial charge is 0.476 e. The molecule has 0 bridgehead atoms. The highest BCUT2D eigenvalue weighted by atomic mass is 127. The van der Waals surface area contributed by atoms with Crippen LogP contribution in [-0.2, 0) is 0 Å². The summed E-state index contributed by atoms with van der Waals surface area (Å²) in [6.45, 7) is 0. The van der Waals surface area contributed by atoms with Crippen LogP contribution in [0.5, 0.6) is 0 Å². The highest BCUT2D eigenvalue weighted by molar-refractivity contribution is 14.1. The van der Waals surface area contributed by atoms with Crippen LogP contribution in [0.1, 0.15) is 10.5 Å². The maximum Gasteiger partial charge on any atom is 0.356 e. The van der Waals surface area contributed by atoms with Gasteiger partial charge in [0.2, 0.25) is 0 Å². The van der Waals surface area contributed by atoms with Gasteiger partial charge < -0.3 is 5.11 Å². The number of halogens is 2. The van der Waals surface area contributed by atoms with E-state index in [1.165, 1.54) is 10.7 Å². The molecule has 1 N–H and O–H groups in total. The second kappa shape index (κ2) is 4.42. The van der Waals surface area contributed by atoms with E-state index in [4.69, 9.17) is 16.7 Å². The minimum atomic E-state index is -1.06. The number of carboxylic acid groups (broad SMARTS) is 1. The van der Waals surface area contributed by atoms with E-state index in [0.717, 1.165) is 3.57 Å². The Kier molecular flexibility index (Phi) is 3.15. The Morgan fingerprint density at radius 2 is 2.19 bits per heavy atom. The summed E-state index contributed by atoms with van der Waals surface area (Å²) in [6.07, 6.45) is 1.57. The van der Waals surface area contributed by atoms with Gasteiger partial charge in [-0.1, -0.05) is 11.6 Å². The first kappa shape index (κ1) is 11.4. The smallest absolute Gasteiger partial charge is 0.356 e. The number of carbonyl (C=O) groups is 1. The summed E-state index contributed by atoms with van der Waals surface area (Å²) in [5, 5.41) is 13.2. The average Bonchev–Trinajstić information content (AvgIpc) is 2.70. The van der Waals surface area contributed by atoms with Crippen LogP contribution in [0.15, 0.2) is 30.5 Å². The van der Waals surface area contributed by atoms with Crippen molar-refractivity contribution in [3.05, 3.63) is 44.7 Å². The zero-order chi connectivity index (χ0) is 11.7. The van der Waals surface area contributed by atoms with Gasteiger partial charge in [-0.3, -0.25) is 0 Å². The Balaban J connectivity index is 2.50. The molecule has 0 amide bonds. The number of carboxylic acids is 1. The van der Waals surface area contributed by atoms with Crippen LogP contribution in [-0.4, -0.2) is 20.9 Å². The summed E-state index contributed by atoms with van der Waals surface area (Å²) in [4.78, 5) is 10.7. The molecule has 0 aliphatic rings. The van der Waals surface area contributed by atoms with Crippen molar-refractivity contribution in [2.75, 3.05) is 0 Å². The molecule has 2 rings (SSSR count). The molecule has 0 aliphatic heterocycles. The van der Waals surface area contributed by atoms with Gasteiger partial charge in [-0.2, -0.15) is 5.10 Å². The minimum Gasteiger partial charge on any atom is -0.476 e. The molecule has 2 aromatic rings. The van der Waals surface area contributed by atoms with E-state index in [1.54, 1.807) is 12.3 Å². The fourth-order valence-corrected chi connectivity index (χ4v) is 1.91. The van der Waals surface area contributed by atoms with E-state index in [-0.39, 0.29) is 5.69 Å². The summed E-state index contributed by atoms with van der Waals surface area (Å²) >= 11 is 8.16. The first-order valence-electron chi connectivity index (χ1n) is 4.32. The lowest BCUT2D eigenvalue weighted by Gasteiger charge is -2.04. The number of aromatic carboxylic acids is 1. The van der Waals surface area contributed by atoms with E-state index >= 15 is 0 Å². The molecule has 82 valence electrons. The van der Waals surface area contributed by atoms with E-state index in [2.05, 4.69) is 27.7 Å². The number of nitrogens with zero attached hydrogens (tertiary/aromatic N) is 2. The Morgan fingerprint density at radius 1 is 1.44 bits per heavy atom. The molecule has 0 saturated carbocycles. The predicted molar refractivity (Wildman–Crippen MR) is 68.3 cm³/mol. The van der Waals surface area contributed by atoms with Gasteiger partial charge in [0.15, 0.2) is 5.69 Å². The number of aromatic nitrogens is 2. The van der Waals surface area contributed by atoms with Crippen LogP contribution in [0.25, 0.3) is 5.69 Å². The summed E-state index contributed by atoms with van der Waals surface area (Å²) in [5.74, 6) is -1.06. The van der Waals surface area contributed by atoms with Crippen molar-refractivity contribution in [2.24, 2.45) is 0 Å². The van der Waals surface area contributed by atoms with Gasteiger partial charge in [-0.05, 0) is 46.9 Å². The molecule has 1 heterocycles. The number of hydrogen-bond acceptors (Lipinski definition) is 2. The quantitative estimate of drug-likeness (QED) is 0.849. The van der Waals surface area contributed by atoms with E-state index in [0.29, 0.717) is 10.7 Å². The van der Waals surface area contributed by atoms with Crippen LogP contribution >= 0.6 is 34.2 Å². The topological polar surface area (TPSA) is 55.1 Å². The van der Waals surface area contributed by atoms with Crippen LogP contribution in [0.4, 0.5) is 0 Å². The van der Waals surface area contributed by atoms with E-state index < -0.39 is 5.97 Å². The molecule has 0 unspecified atom stereocenters. The lowest BCUT2D eigenvalue weighted by atomic mass is 10.3. The highest BCUT2D eigenvalue weighted by Crippen LogP contribution is 2.22. The third-order valence-electron chi connectivity index (χ3n) is 1.96. The summed E-state index contributed by atoms with van der Waals surface area (Å²) in [7, 11) is 0. The molecule has 0 saturated heterocycles. The van der Waals surface area contributed by atoms with E-state index in [9.17, 15) is 4.79 Å². The second-order valence-electron chi connectivity index (χ2n) is 3.05. The van der Waals surface area contributed by atoms with Gasteiger partial charge in [0.1, 0.15) is 0 Å². The zero-order valence-electron chi connectivity index (χ0n) is 7.89. The third kappa shape index (κ3) is 2.19. The first-order chi connectivity index (χ1) is 7.58. The zero-order valence-corrected chi connectivity index (χ0v) is 10.8. The summed E-state index contributed by atoms with van der Waals surface area (Å²) < 4.78 is 2.46. The summed E-state index contributed by atoms with van der Waals surface area (Å²) in [6, 6.07) is 6.88. The Bertz CT molecular complexity index is 554. The van der Waals surface area contributed by atoms with Crippen LogP contribution < -0.4 is 0 Å². The van der Waals surface area contributed by atoms with Crippen molar-refractivity contribution >= 4 is 40.2 Å². The van der Waals surface area contributed by atoms with Crippen molar-refractivity contribution in [1.82, 2.24) is 9.78 Å². The molecule has 6 heteroatoms. The van der Waals surface area contributed by atoms with Crippen molar-refractivity contribution in [1.29, 1.82) is 0 Å². The molecular formula is C10H6ClIN2O2. The van der Waals surface area contributed by atoms with Gasteiger partial charge >= 0.3 is 5.97 Å². The van der Waals surface area contributed by atoms with Gasteiger partial charge in [0.05, 0.1) is 10.7 Å². The molecule has 16 heavy (non-hydrogen) atoms. The molecule has 1 aromatic heterocycles. The molecule has 1 aromatic carbocycles. The van der Waals surface area contributed by atoms with Gasteiger partial charge in [0, 0.05) is 9.77 Å². The maximum absolute atomic E-state index is 10.7. The maximum atomic E-state index is 10.7. The van der Waals surface area contributed by atoms with E-state index in [1.807, 2.05) is 12.1 Å². The minimum absolute atomic E-state index is 0.00470. The number of rotatable bonds is 2. The second-order valence-corrected chi connectivity index (χ2v) is 4.70. The lowest BCUT2D eigenvalue weighted by molar-refractivity contribution is 0.0690. The Labute approximate surface area is 110 Å². The first-order valence-corrected chi connectivity index (χ1v) is 5.78. The average molecular weight is 349 g/mol. The molecule has 0 aliphatic carbocycles. The summed E-state index contributed by atoms with van der Waals surface area (Å²) in [5.41, 5.74) is 0.663. The van der Waals surface area contributed by atoms with Gasteiger partial charge in [-0.25, -0.2) is 9.48 Å². The fraction of sp³-hybridized carbons (Fsp3) is 0. The van der Waals surface area contributed by atoms with Gasteiger partial charge in [0.25, 0.3) is 0 Å². The Morgan fingerprint density at radius 3 is 2.81 bits per heavy atom. The molecule has 4 nitrogen and oxygen atoms in total. The number of hydrogen-bond donors (Lipinski definition) is 1. The van der Waals surface area contributed by atoms with Crippen LogP contribution in [0.3, 0.4) is 0 Å². The van der Waals surface area contributed by atoms with Crippen molar-refractivity contribution in [2.45, 2.75) is 0 Å². The molecule has 0 atom stereocenters. The molecule has 0 fully saturated rings. The van der Waals surface area contributed by atoms with Crippen LogP contribution in [0, 0.1) is 3.57 Å². The molecule has 0 spiro atoms. The lowest BCUT2D eigenvalue weighted by Crippen LogP contribution is -2.01. The van der Waals surface area contributed by atoms with Crippen LogP contribution in [0.2, 0.25) is 5.02 Å². The fourth-order valence-electron chi connectivity index (χ4n) is 1.23. The predicted octanol–water partition coefficient (Wildman–Crippen LogP) is 2.83. The monoisotopic (exact) mass is 348 g/mol. The normalized spacial score (nSPS) is 10.4. The van der Waals surface area contributed by atoms with Crippen molar-refractivity contribution in [3.8, 4) is 5.69 Å². The third-order valence-corrected chi connectivity index (χ3v) is 2.95. The standard InChI is InChI=1S/C10H6ClIN2O2/c11-7-2-1-6(12)5-9(7)14-4-3-8(13-14)10(15)16/h1-5H,(H,15,16). The molecule has 0 radical (unpaired) electrons. The number of benzene rings is 1. The SMILES string of the molecule is O=C(O)c1ccn(-c2cc(I)ccc2Cl)n1. The van der Waals surface area contributed by atoms with Crippen molar-refractivity contribution in [3.63, 3.8) is 0 Å². The molecular weight excluding hydrogens is 342 g/mol. The Hall–Kier alpha value is -1.08. The van der Waals surface area contributed by atoms with Crippen molar-refractivity contribution < 1.29 is 9.90 Å². The van der Waals surface area contributed by atoms with Gasteiger partial charge in [-0.15, -0.1) is 0 Å². The highest BCUT2D eigenvalue weighted by Gasteiger charge is 2.09.